The number of nitrogens with one attached hydrogen (secondary N) is 2. The third-order valence-electron chi connectivity index (χ3n) is 4.65. The average molecular weight is 386 g/mol. The Labute approximate surface area is 163 Å². The molecule has 0 bridgehead atoms. The molecule has 148 valence electrons. The highest BCUT2D eigenvalue weighted by atomic mass is 19.1. The Hall–Kier alpha value is -2.96. The van der Waals surface area contributed by atoms with E-state index in [2.05, 4.69) is 21.7 Å². The van der Waals surface area contributed by atoms with Gasteiger partial charge in [-0.2, -0.15) is 0 Å². The summed E-state index contributed by atoms with van der Waals surface area (Å²) in [6.07, 6.45) is 0.842. The molecule has 5 nitrogen and oxygen atoms in total. The number of amides is 1. The van der Waals surface area contributed by atoms with Gasteiger partial charge < -0.3 is 15.5 Å². The van der Waals surface area contributed by atoms with Gasteiger partial charge in [-0.1, -0.05) is 24.3 Å². The zero-order valence-corrected chi connectivity index (χ0v) is 15.8. The molecule has 0 saturated heterocycles. The molecule has 0 spiro atoms. The smallest absolute Gasteiger partial charge is 0.242 e. The van der Waals surface area contributed by atoms with Crippen molar-refractivity contribution in [3.8, 4) is 0 Å². The first-order valence-corrected chi connectivity index (χ1v) is 9.37. The standard InChI is InChI=1S/C21H24F2N4O/c1-2-24-21(25-12-17-11-18(22)7-8-19(17)23)26-13-20(28)27-10-9-15-5-3-4-6-16(15)14-27/h3-8,11H,2,9-10,12-14H2,1H3,(H2,24,25,26). The van der Waals surface area contributed by atoms with Gasteiger partial charge in [0, 0.05) is 25.2 Å². The zero-order chi connectivity index (χ0) is 19.9. The highest BCUT2D eigenvalue weighted by Gasteiger charge is 2.20. The SMILES string of the molecule is CCNC(=NCc1cc(F)ccc1F)NCC(=O)N1CCc2ccccc2C1. The zero-order valence-electron chi connectivity index (χ0n) is 15.8. The van der Waals surface area contributed by atoms with Crippen LogP contribution >= 0.6 is 0 Å². The minimum absolute atomic E-state index is 0.0236. The summed E-state index contributed by atoms with van der Waals surface area (Å²) in [6, 6.07) is 11.4. The molecule has 1 heterocycles. The van der Waals surface area contributed by atoms with E-state index in [4.69, 9.17) is 0 Å². The molecule has 0 unspecified atom stereocenters. The summed E-state index contributed by atoms with van der Waals surface area (Å²) in [7, 11) is 0. The number of aliphatic imine (C=N–C) groups is 1. The van der Waals surface area contributed by atoms with Gasteiger partial charge in [-0.15, -0.1) is 0 Å². The van der Waals surface area contributed by atoms with Crippen molar-refractivity contribution in [1.82, 2.24) is 15.5 Å². The van der Waals surface area contributed by atoms with Crippen molar-refractivity contribution in [1.29, 1.82) is 0 Å². The maximum Gasteiger partial charge on any atom is 0.242 e. The monoisotopic (exact) mass is 386 g/mol. The van der Waals surface area contributed by atoms with E-state index < -0.39 is 11.6 Å². The molecule has 1 amide bonds. The maximum atomic E-state index is 13.7. The second-order valence-corrected chi connectivity index (χ2v) is 6.62. The molecule has 2 N–H and O–H groups in total. The van der Waals surface area contributed by atoms with E-state index >= 15 is 0 Å². The molecule has 0 saturated carbocycles. The molecule has 0 aromatic heterocycles. The first-order chi connectivity index (χ1) is 13.6. The van der Waals surface area contributed by atoms with Crippen molar-refractivity contribution in [2.75, 3.05) is 19.6 Å². The van der Waals surface area contributed by atoms with Gasteiger partial charge in [0.15, 0.2) is 5.96 Å². The first kappa shape index (κ1) is 19.8. The van der Waals surface area contributed by atoms with E-state index in [-0.39, 0.29) is 24.6 Å². The first-order valence-electron chi connectivity index (χ1n) is 9.37. The number of halogens is 2. The molecule has 2 aromatic rings. The Kier molecular flexibility index (Phi) is 6.57. The molecule has 1 aliphatic rings. The minimum Gasteiger partial charge on any atom is -0.357 e. The Morgan fingerprint density at radius 3 is 2.71 bits per heavy atom. The van der Waals surface area contributed by atoms with Crippen LogP contribution in [0.3, 0.4) is 0 Å². The van der Waals surface area contributed by atoms with Crippen molar-refractivity contribution in [2.45, 2.75) is 26.4 Å². The Morgan fingerprint density at radius 1 is 1.14 bits per heavy atom. The summed E-state index contributed by atoms with van der Waals surface area (Å²) in [5, 5.41) is 5.99. The average Bonchev–Trinajstić information content (AvgIpc) is 2.71. The quantitative estimate of drug-likeness (QED) is 0.614. The fourth-order valence-electron chi connectivity index (χ4n) is 3.15. The van der Waals surface area contributed by atoms with Crippen LogP contribution in [0.1, 0.15) is 23.6 Å². The number of nitrogens with zero attached hydrogens (tertiary/aromatic N) is 2. The van der Waals surface area contributed by atoms with Gasteiger partial charge in [0.25, 0.3) is 0 Å². The summed E-state index contributed by atoms with van der Waals surface area (Å²) < 4.78 is 27.0. The lowest BCUT2D eigenvalue weighted by molar-refractivity contribution is -0.130. The van der Waals surface area contributed by atoms with Gasteiger partial charge in [0.2, 0.25) is 5.91 Å². The summed E-state index contributed by atoms with van der Waals surface area (Å²) in [4.78, 5) is 18.6. The molecule has 1 aliphatic heterocycles. The van der Waals surface area contributed by atoms with Crippen LogP contribution in [0.4, 0.5) is 8.78 Å². The number of carbonyl (C=O) groups excluding carboxylic acids is 1. The van der Waals surface area contributed by atoms with Crippen LogP contribution < -0.4 is 10.6 Å². The van der Waals surface area contributed by atoms with E-state index in [1.54, 1.807) is 0 Å². The van der Waals surface area contributed by atoms with Crippen LogP contribution in [0.5, 0.6) is 0 Å². The van der Waals surface area contributed by atoms with Gasteiger partial charge in [0.1, 0.15) is 11.6 Å². The molecular weight excluding hydrogens is 362 g/mol. The maximum absolute atomic E-state index is 13.7. The second-order valence-electron chi connectivity index (χ2n) is 6.62. The summed E-state index contributed by atoms with van der Waals surface area (Å²) in [6.45, 7) is 3.81. The van der Waals surface area contributed by atoms with Crippen LogP contribution in [0, 0.1) is 11.6 Å². The van der Waals surface area contributed by atoms with Crippen LogP contribution in [0.2, 0.25) is 0 Å². The van der Waals surface area contributed by atoms with Crippen LogP contribution in [-0.2, 0) is 24.3 Å². The Morgan fingerprint density at radius 2 is 1.93 bits per heavy atom. The van der Waals surface area contributed by atoms with Crippen LogP contribution in [0.15, 0.2) is 47.5 Å². The van der Waals surface area contributed by atoms with Crippen molar-refractivity contribution in [3.63, 3.8) is 0 Å². The van der Waals surface area contributed by atoms with E-state index in [1.165, 1.54) is 11.1 Å². The number of guanidine groups is 1. The van der Waals surface area contributed by atoms with Gasteiger partial charge in [-0.25, -0.2) is 13.8 Å². The summed E-state index contributed by atoms with van der Waals surface area (Å²) >= 11 is 0. The minimum atomic E-state index is -0.510. The number of hydrogen-bond donors (Lipinski definition) is 2. The third-order valence-corrected chi connectivity index (χ3v) is 4.65. The molecule has 0 aliphatic carbocycles. The lowest BCUT2D eigenvalue weighted by Crippen LogP contribution is -2.46. The van der Waals surface area contributed by atoms with Gasteiger partial charge in [-0.3, -0.25) is 4.79 Å². The molecule has 2 aromatic carbocycles. The van der Waals surface area contributed by atoms with Crippen molar-refractivity contribution in [3.05, 3.63) is 70.8 Å². The number of hydrogen-bond acceptors (Lipinski definition) is 2. The van der Waals surface area contributed by atoms with Crippen molar-refractivity contribution in [2.24, 2.45) is 4.99 Å². The largest absolute Gasteiger partial charge is 0.357 e. The van der Waals surface area contributed by atoms with Crippen LogP contribution in [-0.4, -0.2) is 36.4 Å². The molecule has 0 radical (unpaired) electrons. The molecule has 28 heavy (non-hydrogen) atoms. The molecule has 7 heteroatoms. The highest BCUT2D eigenvalue weighted by molar-refractivity contribution is 5.86. The van der Waals surface area contributed by atoms with Crippen LogP contribution in [0.25, 0.3) is 0 Å². The number of carbonyl (C=O) groups is 1. The van der Waals surface area contributed by atoms with Gasteiger partial charge in [-0.05, 0) is 42.7 Å². The topological polar surface area (TPSA) is 56.7 Å². The Balaban J connectivity index is 1.58. The normalized spacial score (nSPS) is 13.8. The lowest BCUT2D eigenvalue weighted by Gasteiger charge is -2.29. The third kappa shape index (κ3) is 5.06. The fourth-order valence-corrected chi connectivity index (χ4v) is 3.15. The number of fused-ring (bicyclic) bond motifs is 1. The number of rotatable bonds is 5. The molecule has 0 fully saturated rings. The van der Waals surface area contributed by atoms with Crippen molar-refractivity contribution < 1.29 is 13.6 Å². The lowest BCUT2D eigenvalue weighted by atomic mass is 10.00. The van der Waals surface area contributed by atoms with E-state index in [0.717, 1.165) is 24.6 Å². The van der Waals surface area contributed by atoms with Crippen molar-refractivity contribution >= 4 is 11.9 Å². The van der Waals surface area contributed by atoms with Gasteiger partial charge >= 0.3 is 0 Å². The fraction of sp³-hybridized carbons (Fsp3) is 0.333. The highest BCUT2D eigenvalue weighted by Crippen LogP contribution is 2.18. The van der Waals surface area contributed by atoms with E-state index in [1.807, 2.05) is 30.0 Å². The second kappa shape index (κ2) is 9.30. The van der Waals surface area contributed by atoms with E-state index in [0.29, 0.717) is 25.6 Å². The summed E-state index contributed by atoms with van der Waals surface area (Å²) in [5.74, 6) is -0.664. The summed E-state index contributed by atoms with van der Waals surface area (Å²) in [5.41, 5.74) is 2.62. The van der Waals surface area contributed by atoms with E-state index in [9.17, 15) is 13.6 Å². The molecule has 3 rings (SSSR count). The van der Waals surface area contributed by atoms with Gasteiger partial charge in [0.05, 0.1) is 13.1 Å². The molecule has 0 atom stereocenters. The molecular formula is C21H24F2N4O. The number of benzene rings is 2. The Bertz CT molecular complexity index is 869. The predicted octanol–water partition coefficient (Wildman–Crippen LogP) is 2.60. The predicted molar refractivity (Wildman–Crippen MR) is 105 cm³/mol.